The maximum atomic E-state index is 5.88. The maximum Gasteiger partial charge on any atom is 0.203 e. The van der Waals surface area contributed by atoms with Gasteiger partial charge in [-0.15, -0.1) is 24.0 Å². The zero-order chi connectivity index (χ0) is 16.8. The summed E-state index contributed by atoms with van der Waals surface area (Å²) in [7, 11) is 3.19. The van der Waals surface area contributed by atoms with Crippen LogP contribution in [0.5, 0.6) is 17.2 Å². The Kier molecular flexibility index (Phi) is 9.11. The highest BCUT2D eigenvalue weighted by Gasteiger charge is 2.14. The molecule has 6 nitrogen and oxygen atoms in total. The van der Waals surface area contributed by atoms with Crippen molar-refractivity contribution in [3.05, 3.63) is 17.7 Å². The van der Waals surface area contributed by atoms with Crippen molar-refractivity contribution in [1.82, 2.24) is 5.32 Å². The predicted octanol–water partition coefficient (Wildman–Crippen LogP) is 2.92. The Morgan fingerprint density at radius 3 is 2.09 bits per heavy atom. The standard InChI is InChI=1S/C16H27N3O3.HI/c1-7-22-14-12(20-5)8-11(9-13(14)21-6)10-18-15(17)19-16(2,3)4;/h8-9H,7,10H2,1-6H3,(H3,17,18,19);1H. The third-order valence-corrected chi connectivity index (χ3v) is 2.74. The number of nitrogens with two attached hydrogens (primary N) is 1. The van der Waals surface area contributed by atoms with Crippen molar-refractivity contribution in [3.8, 4) is 17.2 Å². The van der Waals surface area contributed by atoms with E-state index >= 15 is 0 Å². The van der Waals surface area contributed by atoms with E-state index in [4.69, 9.17) is 19.9 Å². The predicted molar refractivity (Wildman–Crippen MR) is 104 cm³/mol. The fraction of sp³-hybridized carbons (Fsp3) is 0.562. The smallest absolute Gasteiger partial charge is 0.203 e. The van der Waals surface area contributed by atoms with Crippen LogP contribution in [-0.4, -0.2) is 32.3 Å². The molecule has 0 fully saturated rings. The minimum Gasteiger partial charge on any atom is -0.493 e. The largest absolute Gasteiger partial charge is 0.493 e. The number of hydrogen-bond donors (Lipinski definition) is 2. The molecule has 132 valence electrons. The van der Waals surface area contributed by atoms with Gasteiger partial charge >= 0.3 is 0 Å². The van der Waals surface area contributed by atoms with Crippen LogP contribution in [0.2, 0.25) is 0 Å². The quantitative estimate of drug-likeness (QED) is 0.407. The summed E-state index contributed by atoms with van der Waals surface area (Å²) in [6.45, 7) is 8.95. The van der Waals surface area contributed by atoms with E-state index in [-0.39, 0.29) is 29.5 Å². The molecule has 23 heavy (non-hydrogen) atoms. The molecule has 0 saturated heterocycles. The van der Waals surface area contributed by atoms with Gasteiger partial charge in [0.05, 0.1) is 27.4 Å². The molecule has 0 amide bonds. The molecule has 0 spiro atoms. The second kappa shape index (κ2) is 9.69. The van der Waals surface area contributed by atoms with Gasteiger partial charge < -0.3 is 25.3 Å². The van der Waals surface area contributed by atoms with Crippen LogP contribution in [0, 0.1) is 0 Å². The van der Waals surface area contributed by atoms with E-state index in [1.54, 1.807) is 14.2 Å². The molecule has 1 aromatic carbocycles. The van der Waals surface area contributed by atoms with Crippen LogP contribution in [-0.2, 0) is 6.54 Å². The molecule has 7 heteroatoms. The van der Waals surface area contributed by atoms with Gasteiger partial charge in [-0.1, -0.05) is 0 Å². The Hall–Kier alpha value is -1.38. The molecule has 0 aliphatic carbocycles. The molecule has 0 atom stereocenters. The first-order valence-electron chi connectivity index (χ1n) is 7.26. The van der Waals surface area contributed by atoms with Crippen LogP contribution in [0.15, 0.2) is 17.1 Å². The van der Waals surface area contributed by atoms with Gasteiger partial charge in [0.2, 0.25) is 5.75 Å². The van der Waals surface area contributed by atoms with Crippen LogP contribution < -0.4 is 25.3 Å². The molecule has 0 radical (unpaired) electrons. The molecule has 0 aromatic heterocycles. The van der Waals surface area contributed by atoms with Crippen molar-refractivity contribution in [2.24, 2.45) is 10.7 Å². The van der Waals surface area contributed by atoms with Gasteiger partial charge in [0.25, 0.3) is 0 Å². The van der Waals surface area contributed by atoms with E-state index in [1.807, 2.05) is 39.8 Å². The number of nitrogens with one attached hydrogen (secondary N) is 1. The highest BCUT2D eigenvalue weighted by molar-refractivity contribution is 14.0. The summed E-state index contributed by atoms with van der Waals surface area (Å²) >= 11 is 0. The summed E-state index contributed by atoms with van der Waals surface area (Å²) in [5, 5.41) is 3.12. The highest BCUT2D eigenvalue weighted by Crippen LogP contribution is 2.38. The van der Waals surface area contributed by atoms with Gasteiger partial charge in [-0.3, -0.25) is 0 Å². The van der Waals surface area contributed by atoms with Crippen LogP contribution in [0.3, 0.4) is 0 Å². The van der Waals surface area contributed by atoms with E-state index in [0.29, 0.717) is 36.4 Å². The fourth-order valence-corrected chi connectivity index (χ4v) is 1.91. The summed E-state index contributed by atoms with van der Waals surface area (Å²) in [5.41, 5.74) is 6.68. The maximum absolute atomic E-state index is 5.88. The van der Waals surface area contributed by atoms with Crippen LogP contribution >= 0.6 is 24.0 Å². The fourth-order valence-electron chi connectivity index (χ4n) is 1.91. The molecule has 0 heterocycles. The summed E-state index contributed by atoms with van der Waals surface area (Å²) in [6.07, 6.45) is 0. The number of guanidine groups is 1. The Balaban J connectivity index is 0.00000484. The highest BCUT2D eigenvalue weighted by atomic mass is 127. The van der Waals surface area contributed by atoms with Crippen LogP contribution in [0.25, 0.3) is 0 Å². The first-order chi connectivity index (χ1) is 10.3. The summed E-state index contributed by atoms with van der Waals surface area (Å²) in [5.74, 6) is 2.24. The number of nitrogens with zero attached hydrogens (tertiary/aromatic N) is 1. The number of ether oxygens (including phenoxy) is 3. The van der Waals surface area contributed by atoms with Crippen molar-refractivity contribution >= 4 is 29.9 Å². The zero-order valence-electron chi connectivity index (χ0n) is 14.7. The van der Waals surface area contributed by atoms with Gasteiger partial charge in [-0.05, 0) is 45.4 Å². The van der Waals surface area contributed by atoms with E-state index < -0.39 is 0 Å². The van der Waals surface area contributed by atoms with Crippen LogP contribution in [0.4, 0.5) is 0 Å². The Bertz CT molecular complexity index is 503. The Morgan fingerprint density at radius 1 is 1.17 bits per heavy atom. The SMILES string of the molecule is CCOc1c(OC)cc(CN=C(N)NC(C)(C)C)cc1OC.I. The summed E-state index contributed by atoms with van der Waals surface area (Å²) < 4.78 is 16.3. The molecule has 0 bridgehead atoms. The zero-order valence-corrected chi connectivity index (χ0v) is 17.1. The van der Waals surface area contributed by atoms with Crippen molar-refractivity contribution in [3.63, 3.8) is 0 Å². The van der Waals surface area contributed by atoms with Gasteiger partial charge in [0.15, 0.2) is 17.5 Å². The third-order valence-electron chi connectivity index (χ3n) is 2.74. The topological polar surface area (TPSA) is 78.1 Å². The van der Waals surface area contributed by atoms with Gasteiger partial charge in [-0.2, -0.15) is 0 Å². The van der Waals surface area contributed by atoms with Crippen molar-refractivity contribution in [2.75, 3.05) is 20.8 Å². The molecule has 0 aliphatic heterocycles. The lowest BCUT2D eigenvalue weighted by atomic mass is 10.1. The molecule has 3 N–H and O–H groups in total. The van der Waals surface area contributed by atoms with E-state index in [0.717, 1.165) is 5.56 Å². The second-order valence-corrected chi connectivity index (χ2v) is 5.84. The molecular formula is C16H28IN3O3. The molecule has 1 rings (SSSR count). The third kappa shape index (κ3) is 7.15. The second-order valence-electron chi connectivity index (χ2n) is 5.84. The number of benzene rings is 1. The van der Waals surface area contributed by atoms with Gasteiger partial charge in [-0.25, -0.2) is 4.99 Å². The summed E-state index contributed by atoms with van der Waals surface area (Å²) in [6, 6.07) is 3.75. The van der Waals surface area contributed by atoms with E-state index in [1.165, 1.54) is 0 Å². The minimum absolute atomic E-state index is 0. The first kappa shape index (κ1) is 21.6. The Morgan fingerprint density at radius 2 is 1.70 bits per heavy atom. The molecule has 0 saturated carbocycles. The lowest BCUT2D eigenvalue weighted by Gasteiger charge is -2.21. The Labute approximate surface area is 155 Å². The van der Waals surface area contributed by atoms with Crippen molar-refractivity contribution < 1.29 is 14.2 Å². The lowest BCUT2D eigenvalue weighted by molar-refractivity contribution is 0.288. The minimum atomic E-state index is -0.123. The molecular weight excluding hydrogens is 409 g/mol. The number of halogens is 1. The summed E-state index contributed by atoms with van der Waals surface area (Å²) in [4.78, 5) is 4.34. The van der Waals surface area contributed by atoms with Gasteiger partial charge in [0, 0.05) is 5.54 Å². The van der Waals surface area contributed by atoms with Gasteiger partial charge in [0.1, 0.15) is 0 Å². The average Bonchev–Trinajstić information content (AvgIpc) is 2.44. The monoisotopic (exact) mass is 437 g/mol. The van der Waals surface area contributed by atoms with E-state index in [2.05, 4.69) is 10.3 Å². The molecule has 0 unspecified atom stereocenters. The van der Waals surface area contributed by atoms with E-state index in [9.17, 15) is 0 Å². The normalized spacial score (nSPS) is 11.5. The molecule has 0 aliphatic rings. The number of methoxy groups -OCH3 is 2. The lowest BCUT2D eigenvalue weighted by Crippen LogP contribution is -2.44. The average molecular weight is 437 g/mol. The number of aliphatic imine (C=N–C) groups is 1. The molecule has 1 aromatic rings. The number of rotatable bonds is 6. The van der Waals surface area contributed by atoms with Crippen molar-refractivity contribution in [1.29, 1.82) is 0 Å². The van der Waals surface area contributed by atoms with Crippen LogP contribution in [0.1, 0.15) is 33.3 Å². The number of hydrogen-bond acceptors (Lipinski definition) is 4. The first-order valence-corrected chi connectivity index (χ1v) is 7.26. The van der Waals surface area contributed by atoms with Crippen molar-refractivity contribution in [2.45, 2.75) is 39.8 Å².